The highest BCUT2D eigenvalue weighted by molar-refractivity contribution is 7.85. The minimum atomic E-state index is -4.26. The van der Waals surface area contributed by atoms with Gasteiger partial charge < -0.3 is 19.8 Å². The average molecular weight is 328 g/mol. The molecular weight excluding hydrogens is 302 g/mol. The summed E-state index contributed by atoms with van der Waals surface area (Å²) in [6, 6.07) is -1.03. The Bertz CT molecular complexity index is 435. The zero-order valence-corrected chi connectivity index (χ0v) is 13.5. The van der Waals surface area contributed by atoms with Gasteiger partial charge in [0.2, 0.25) is 0 Å². The maximum Gasteiger partial charge on any atom is 0.363 e. The maximum absolute atomic E-state index is 11.7. The molecule has 0 bridgehead atoms. The Morgan fingerprint density at radius 3 is 1.76 bits per heavy atom. The Balaban J connectivity index is 5.76. The summed E-state index contributed by atoms with van der Waals surface area (Å²) in [6.45, 7) is -0.676. The van der Waals surface area contributed by atoms with Crippen molar-refractivity contribution in [1.29, 1.82) is 0 Å². The van der Waals surface area contributed by atoms with Gasteiger partial charge in [-0.15, -0.1) is 0 Å². The molecule has 0 spiro atoms. The summed E-state index contributed by atoms with van der Waals surface area (Å²) in [5.41, 5.74) is -1.14. The van der Waals surface area contributed by atoms with Crippen LogP contribution in [-0.2, 0) is 14.9 Å². The Labute approximate surface area is 125 Å². The highest BCUT2D eigenvalue weighted by Crippen LogP contribution is 2.39. The number of quaternary nitrogens is 1. The molecule has 0 aromatic heterocycles. The van der Waals surface area contributed by atoms with Crippen LogP contribution in [-0.4, -0.2) is 84.9 Å². The van der Waals surface area contributed by atoms with Crippen molar-refractivity contribution >= 4 is 16.1 Å². The minimum Gasteiger partial charge on any atom is -0.477 e. The van der Waals surface area contributed by atoms with Gasteiger partial charge in [0.1, 0.15) is 0 Å². The molecule has 0 aromatic rings. The monoisotopic (exact) mass is 328 g/mol. The van der Waals surface area contributed by atoms with Crippen LogP contribution in [0.3, 0.4) is 0 Å². The fraction of sp³-hybridized carbons (Fsp3) is 0.917. The van der Waals surface area contributed by atoms with E-state index in [1.165, 1.54) is 0 Å². The van der Waals surface area contributed by atoms with E-state index in [4.69, 9.17) is 4.55 Å². The van der Waals surface area contributed by atoms with Crippen molar-refractivity contribution < 1.29 is 37.6 Å². The highest BCUT2D eigenvalue weighted by Gasteiger charge is 2.50. The third kappa shape index (κ3) is 6.27. The number of aliphatic carboxylic acids is 1. The van der Waals surface area contributed by atoms with E-state index in [9.17, 15) is 28.5 Å². The number of rotatable bonds is 10. The molecule has 0 saturated heterocycles. The Morgan fingerprint density at radius 2 is 1.52 bits per heavy atom. The smallest absolute Gasteiger partial charge is 0.363 e. The Morgan fingerprint density at radius 1 is 1.10 bits per heavy atom. The third-order valence-corrected chi connectivity index (χ3v) is 4.39. The molecule has 126 valence electrons. The lowest BCUT2D eigenvalue weighted by Gasteiger charge is -2.44. The predicted octanol–water partition coefficient (Wildman–Crippen LogP) is -0.825. The lowest BCUT2D eigenvalue weighted by atomic mass is 9.71. The van der Waals surface area contributed by atoms with Gasteiger partial charge in [0, 0.05) is 18.6 Å². The molecule has 0 aliphatic heterocycles. The van der Waals surface area contributed by atoms with Crippen LogP contribution in [0.25, 0.3) is 0 Å². The highest BCUT2D eigenvalue weighted by atomic mass is 32.2. The van der Waals surface area contributed by atoms with Crippen LogP contribution in [0.1, 0.15) is 19.3 Å². The molecular formula is C12H26NO7S+. The van der Waals surface area contributed by atoms with E-state index >= 15 is 0 Å². The van der Waals surface area contributed by atoms with Gasteiger partial charge in [-0.2, -0.15) is 8.42 Å². The first-order valence-electron chi connectivity index (χ1n) is 6.60. The number of carboxylic acid groups (broad SMARTS) is 1. The molecule has 8 nitrogen and oxygen atoms in total. The zero-order valence-electron chi connectivity index (χ0n) is 12.7. The minimum absolute atomic E-state index is 0.000803. The molecule has 4 N–H and O–H groups in total. The van der Waals surface area contributed by atoms with Gasteiger partial charge in [0.25, 0.3) is 10.1 Å². The lowest BCUT2D eigenvalue weighted by Crippen LogP contribution is -2.60. The number of likely N-dealkylation sites (N-methyl/N-ethyl adjacent to an activating group) is 1. The van der Waals surface area contributed by atoms with Gasteiger partial charge in [-0.05, 0) is 19.3 Å². The van der Waals surface area contributed by atoms with Crippen LogP contribution in [0.4, 0.5) is 0 Å². The van der Waals surface area contributed by atoms with Crippen molar-refractivity contribution in [3.05, 3.63) is 0 Å². The number of hydrogen-bond donors (Lipinski definition) is 4. The van der Waals surface area contributed by atoms with E-state index in [-0.39, 0.29) is 37.0 Å². The van der Waals surface area contributed by atoms with E-state index < -0.39 is 33.3 Å². The van der Waals surface area contributed by atoms with Gasteiger partial charge in [-0.1, -0.05) is 0 Å². The molecule has 21 heavy (non-hydrogen) atoms. The second kappa shape index (κ2) is 7.50. The lowest BCUT2D eigenvalue weighted by molar-refractivity contribution is -0.895. The Hall–Kier alpha value is -0.740. The standard InChI is InChI=1S/C12H25NO7S/c1-13(2,3)10(11(16)17)12(4-7-14,5-8-15)6-9-21(18,19)20/h10,14-15H,4-9H2,1-3H3,(H-,16,17,18,19,20)/p+1. The van der Waals surface area contributed by atoms with Crippen molar-refractivity contribution in [2.45, 2.75) is 25.3 Å². The second-order valence-electron chi connectivity index (χ2n) is 6.20. The number of aliphatic hydroxyl groups excluding tert-OH is 2. The summed E-state index contributed by atoms with van der Waals surface area (Å²) in [6.07, 6.45) is -0.107. The summed E-state index contributed by atoms with van der Waals surface area (Å²) < 4.78 is 30.9. The summed E-state index contributed by atoms with van der Waals surface area (Å²) in [5, 5.41) is 28.1. The number of carboxylic acids is 1. The molecule has 0 saturated carbocycles. The van der Waals surface area contributed by atoms with Gasteiger partial charge in [0.15, 0.2) is 6.04 Å². The van der Waals surface area contributed by atoms with Crippen molar-refractivity contribution in [2.24, 2.45) is 5.41 Å². The van der Waals surface area contributed by atoms with E-state index in [0.29, 0.717) is 0 Å². The number of carbonyl (C=O) groups is 1. The molecule has 9 heteroatoms. The quantitative estimate of drug-likeness (QED) is 0.304. The molecule has 1 atom stereocenters. The molecule has 0 aromatic carbocycles. The maximum atomic E-state index is 11.7. The summed E-state index contributed by atoms with van der Waals surface area (Å²) in [7, 11) is 0.684. The van der Waals surface area contributed by atoms with Crippen LogP contribution >= 0.6 is 0 Å². The normalized spacial score (nSPS) is 15.0. The molecule has 0 fully saturated rings. The van der Waals surface area contributed by atoms with Gasteiger partial charge in [0.05, 0.1) is 26.9 Å². The molecule has 0 aliphatic rings. The fourth-order valence-electron chi connectivity index (χ4n) is 2.98. The summed E-state index contributed by atoms with van der Waals surface area (Å²) in [5.74, 6) is -1.75. The van der Waals surface area contributed by atoms with Crippen molar-refractivity contribution in [1.82, 2.24) is 0 Å². The van der Waals surface area contributed by atoms with E-state index in [0.717, 1.165) is 0 Å². The zero-order chi connectivity index (χ0) is 16.9. The first-order valence-corrected chi connectivity index (χ1v) is 8.21. The van der Waals surface area contributed by atoms with Gasteiger partial charge in [-0.3, -0.25) is 4.55 Å². The van der Waals surface area contributed by atoms with E-state index in [1.54, 1.807) is 21.1 Å². The summed E-state index contributed by atoms with van der Waals surface area (Å²) >= 11 is 0. The fourth-order valence-corrected chi connectivity index (χ4v) is 3.64. The summed E-state index contributed by atoms with van der Waals surface area (Å²) in [4.78, 5) is 11.7. The molecule has 0 radical (unpaired) electrons. The van der Waals surface area contributed by atoms with Crippen LogP contribution < -0.4 is 0 Å². The van der Waals surface area contributed by atoms with Crippen molar-refractivity contribution in [3.8, 4) is 0 Å². The van der Waals surface area contributed by atoms with Crippen molar-refractivity contribution in [2.75, 3.05) is 40.1 Å². The number of hydrogen-bond acceptors (Lipinski definition) is 5. The molecule has 0 amide bonds. The molecule has 1 unspecified atom stereocenters. The Kier molecular flexibility index (Phi) is 7.24. The van der Waals surface area contributed by atoms with E-state index in [2.05, 4.69) is 0 Å². The molecule has 0 rings (SSSR count). The van der Waals surface area contributed by atoms with Crippen LogP contribution in [0.2, 0.25) is 0 Å². The number of nitrogens with zero attached hydrogens (tertiary/aromatic N) is 1. The van der Waals surface area contributed by atoms with Crippen LogP contribution in [0, 0.1) is 5.41 Å². The number of aliphatic hydroxyl groups is 2. The second-order valence-corrected chi connectivity index (χ2v) is 7.77. The van der Waals surface area contributed by atoms with Gasteiger partial charge in [-0.25, -0.2) is 4.79 Å². The molecule has 0 aliphatic carbocycles. The first kappa shape index (κ1) is 20.3. The predicted molar refractivity (Wildman–Crippen MR) is 76.3 cm³/mol. The van der Waals surface area contributed by atoms with Gasteiger partial charge >= 0.3 is 5.97 Å². The SMILES string of the molecule is C[N+](C)(C)C(C(=O)O)C(CCO)(CCO)CCS(=O)(=O)O. The third-order valence-electron chi connectivity index (χ3n) is 3.67. The van der Waals surface area contributed by atoms with Crippen LogP contribution in [0.15, 0.2) is 0 Å². The van der Waals surface area contributed by atoms with Crippen molar-refractivity contribution in [3.63, 3.8) is 0 Å². The first-order chi connectivity index (χ1) is 9.39. The molecule has 0 heterocycles. The topological polar surface area (TPSA) is 132 Å². The average Bonchev–Trinajstić information content (AvgIpc) is 2.23. The largest absolute Gasteiger partial charge is 0.477 e. The van der Waals surface area contributed by atoms with E-state index in [1.807, 2.05) is 0 Å². The van der Waals surface area contributed by atoms with Crippen LogP contribution in [0.5, 0.6) is 0 Å².